The maximum Gasteiger partial charge on any atom is 0.0627 e. The number of hydrogen-bond donors (Lipinski definition) is 0. The molecule has 0 aromatic rings. The van der Waals surface area contributed by atoms with Gasteiger partial charge in [0.05, 0.1) is 4.08 Å². The molecular formula is C23H40S3. The Bertz CT molecular complexity index is 386. The molecule has 4 rings (SSSR count). The zero-order valence-corrected chi connectivity index (χ0v) is 19.2. The molecule has 26 heavy (non-hydrogen) atoms. The highest BCUT2D eigenvalue weighted by Gasteiger charge is 2.44. The first kappa shape index (κ1) is 20.3. The SMILES string of the molecule is C1CCC(SC2CCC(SC3CCCCC3)(SC3CCCCC3)C2)CC1. The molecule has 4 aliphatic rings. The molecule has 0 aromatic carbocycles. The summed E-state index contributed by atoms with van der Waals surface area (Å²) in [6, 6.07) is 0. The minimum absolute atomic E-state index is 0.594. The average molecular weight is 413 g/mol. The van der Waals surface area contributed by atoms with E-state index in [1.807, 2.05) is 0 Å². The van der Waals surface area contributed by atoms with Crippen LogP contribution >= 0.6 is 35.3 Å². The van der Waals surface area contributed by atoms with Crippen LogP contribution in [0.5, 0.6) is 0 Å². The molecule has 4 aliphatic carbocycles. The fourth-order valence-corrected chi connectivity index (χ4v) is 12.2. The lowest BCUT2D eigenvalue weighted by Crippen LogP contribution is -2.27. The summed E-state index contributed by atoms with van der Waals surface area (Å²) in [4.78, 5) is 0. The van der Waals surface area contributed by atoms with Gasteiger partial charge in [0.15, 0.2) is 0 Å². The Kier molecular flexibility index (Phi) is 7.97. The predicted molar refractivity (Wildman–Crippen MR) is 124 cm³/mol. The van der Waals surface area contributed by atoms with Crippen molar-refractivity contribution < 1.29 is 0 Å². The Balaban J connectivity index is 1.36. The largest absolute Gasteiger partial charge is 0.155 e. The van der Waals surface area contributed by atoms with Crippen LogP contribution in [-0.2, 0) is 0 Å². The molecule has 0 aromatic heterocycles. The predicted octanol–water partition coefficient (Wildman–Crippen LogP) is 8.43. The molecule has 0 saturated heterocycles. The fourth-order valence-electron chi connectivity index (χ4n) is 5.74. The van der Waals surface area contributed by atoms with Crippen molar-refractivity contribution in [3.63, 3.8) is 0 Å². The van der Waals surface area contributed by atoms with E-state index in [2.05, 4.69) is 35.3 Å². The van der Waals surface area contributed by atoms with E-state index in [-0.39, 0.29) is 0 Å². The van der Waals surface area contributed by atoms with Crippen LogP contribution in [0.2, 0.25) is 0 Å². The van der Waals surface area contributed by atoms with Gasteiger partial charge >= 0.3 is 0 Å². The quantitative estimate of drug-likeness (QED) is 0.402. The van der Waals surface area contributed by atoms with Crippen LogP contribution in [0.25, 0.3) is 0 Å². The molecule has 0 amide bonds. The molecule has 1 unspecified atom stereocenters. The zero-order valence-electron chi connectivity index (χ0n) is 16.8. The molecule has 150 valence electrons. The maximum absolute atomic E-state index is 2.48. The van der Waals surface area contributed by atoms with Crippen LogP contribution < -0.4 is 0 Å². The molecule has 3 heteroatoms. The summed E-state index contributed by atoms with van der Waals surface area (Å²) in [6.07, 6.45) is 27.1. The average Bonchev–Trinajstić information content (AvgIpc) is 3.06. The van der Waals surface area contributed by atoms with Gasteiger partial charge < -0.3 is 0 Å². The van der Waals surface area contributed by atoms with Gasteiger partial charge in [0.25, 0.3) is 0 Å². The van der Waals surface area contributed by atoms with Gasteiger partial charge in [-0.3, -0.25) is 0 Å². The second kappa shape index (κ2) is 10.2. The highest BCUT2D eigenvalue weighted by molar-refractivity contribution is 8.18. The molecule has 1 atom stereocenters. The van der Waals surface area contributed by atoms with Crippen molar-refractivity contribution in [1.82, 2.24) is 0 Å². The lowest BCUT2D eigenvalue weighted by Gasteiger charge is -2.38. The summed E-state index contributed by atoms with van der Waals surface area (Å²) < 4.78 is 0.594. The van der Waals surface area contributed by atoms with Crippen molar-refractivity contribution in [2.24, 2.45) is 0 Å². The van der Waals surface area contributed by atoms with Crippen molar-refractivity contribution in [2.45, 2.75) is 141 Å². The normalized spacial score (nSPS) is 32.1. The molecule has 0 aliphatic heterocycles. The van der Waals surface area contributed by atoms with Crippen molar-refractivity contribution in [2.75, 3.05) is 0 Å². The smallest absolute Gasteiger partial charge is 0.0627 e. The van der Waals surface area contributed by atoms with E-state index < -0.39 is 0 Å². The first-order valence-corrected chi connectivity index (χ1v) is 14.5. The molecule has 0 nitrogen and oxygen atoms in total. The first-order chi connectivity index (χ1) is 12.8. The third-order valence-corrected chi connectivity index (χ3v) is 12.6. The fraction of sp³-hybridized carbons (Fsp3) is 1.00. The molecule has 0 heterocycles. The van der Waals surface area contributed by atoms with Gasteiger partial charge in [-0.1, -0.05) is 57.8 Å². The van der Waals surface area contributed by atoms with Crippen molar-refractivity contribution in [3.8, 4) is 0 Å². The van der Waals surface area contributed by atoms with Gasteiger partial charge in [-0.05, 0) is 57.8 Å². The van der Waals surface area contributed by atoms with E-state index in [0.29, 0.717) is 4.08 Å². The molecule has 4 saturated carbocycles. The van der Waals surface area contributed by atoms with Gasteiger partial charge in [0.1, 0.15) is 0 Å². The molecular weight excluding hydrogens is 372 g/mol. The van der Waals surface area contributed by atoms with E-state index in [9.17, 15) is 0 Å². The van der Waals surface area contributed by atoms with E-state index in [1.165, 1.54) is 116 Å². The number of rotatable bonds is 6. The molecule has 0 radical (unpaired) electrons. The zero-order chi connectivity index (χ0) is 17.7. The monoisotopic (exact) mass is 412 g/mol. The Hall–Kier alpha value is 1.05. The lowest BCUT2D eigenvalue weighted by atomic mass is 10.0. The summed E-state index contributed by atoms with van der Waals surface area (Å²) in [7, 11) is 0. The number of hydrogen-bond acceptors (Lipinski definition) is 3. The lowest BCUT2D eigenvalue weighted by molar-refractivity contribution is 0.509. The summed E-state index contributed by atoms with van der Waals surface area (Å²) in [5.74, 6) is 0. The molecule has 0 spiro atoms. The highest BCUT2D eigenvalue weighted by Crippen LogP contribution is 2.58. The van der Waals surface area contributed by atoms with Crippen molar-refractivity contribution >= 4 is 35.3 Å². The van der Waals surface area contributed by atoms with Crippen LogP contribution in [-0.4, -0.2) is 25.1 Å². The number of thioether (sulfide) groups is 3. The summed E-state index contributed by atoms with van der Waals surface area (Å²) >= 11 is 7.40. The first-order valence-electron chi connectivity index (χ1n) is 11.8. The maximum atomic E-state index is 2.48. The van der Waals surface area contributed by atoms with E-state index in [1.54, 1.807) is 0 Å². The Labute approximate surface area is 175 Å². The summed E-state index contributed by atoms with van der Waals surface area (Å²) in [6.45, 7) is 0. The van der Waals surface area contributed by atoms with Crippen LogP contribution in [0, 0.1) is 0 Å². The molecule has 4 fully saturated rings. The van der Waals surface area contributed by atoms with Crippen molar-refractivity contribution in [3.05, 3.63) is 0 Å². The van der Waals surface area contributed by atoms with Gasteiger partial charge in [-0.15, -0.1) is 23.5 Å². The Morgan fingerprint density at radius 3 is 1.42 bits per heavy atom. The third kappa shape index (κ3) is 5.78. The van der Waals surface area contributed by atoms with E-state index in [4.69, 9.17) is 0 Å². The standard InChI is InChI=1S/C23H40S3/c1-4-10-19(11-5-1)24-22-16-17-23(18-22,25-20-12-6-2-7-13-20)26-21-14-8-3-9-15-21/h19-22H,1-18H2. The van der Waals surface area contributed by atoms with Crippen molar-refractivity contribution in [1.29, 1.82) is 0 Å². The van der Waals surface area contributed by atoms with Crippen LogP contribution in [0.1, 0.15) is 116 Å². The van der Waals surface area contributed by atoms with Gasteiger partial charge in [0.2, 0.25) is 0 Å². The topological polar surface area (TPSA) is 0 Å². The summed E-state index contributed by atoms with van der Waals surface area (Å²) in [5, 5.41) is 3.95. The Morgan fingerprint density at radius 2 is 0.923 bits per heavy atom. The molecule has 0 N–H and O–H groups in total. The second-order valence-corrected chi connectivity index (χ2v) is 14.7. The minimum atomic E-state index is 0.594. The van der Waals surface area contributed by atoms with E-state index in [0.717, 1.165) is 21.0 Å². The van der Waals surface area contributed by atoms with Crippen LogP contribution in [0.3, 0.4) is 0 Å². The second-order valence-electron chi connectivity index (χ2n) is 9.43. The van der Waals surface area contributed by atoms with Gasteiger partial charge in [-0.25, -0.2) is 0 Å². The van der Waals surface area contributed by atoms with E-state index >= 15 is 0 Å². The molecule has 0 bridgehead atoms. The van der Waals surface area contributed by atoms with Gasteiger partial charge in [-0.2, -0.15) is 11.8 Å². The van der Waals surface area contributed by atoms with Gasteiger partial charge in [0, 0.05) is 21.0 Å². The van der Waals surface area contributed by atoms with Crippen LogP contribution in [0.15, 0.2) is 0 Å². The Morgan fingerprint density at radius 1 is 0.462 bits per heavy atom. The van der Waals surface area contributed by atoms with Crippen LogP contribution in [0.4, 0.5) is 0 Å². The minimum Gasteiger partial charge on any atom is -0.155 e. The highest BCUT2D eigenvalue weighted by atomic mass is 32.2. The summed E-state index contributed by atoms with van der Waals surface area (Å²) in [5.41, 5.74) is 0. The third-order valence-electron chi connectivity index (χ3n) is 7.19.